The molecular formula is C19H17NO3. The normalized spacial score (nSPS) is 11.2. The molecule has 1 heterocycles. The van der Waals surface area contributed by atoms with E-state index in [1.807, 2.05) is 66.3 Å². The Balaban J connectivity index is 1.98. The van der Waals surface area contributed by atoms with Gasteiger partial charge in [-0.2, -0.15) is 0 Å². The van der Waals surface area contributed by atoms with E-state index in [-0.39, 0.29) is 0 Å². The number of carboxylic acids is 1. The maximum Gasteiger partial charge on any atom is 0.328 e. The van der Waals surface area contributed by atoms with Gasteiger partial charge >= 0.3 is 5.97 Å². The Labute approximate surface area is 134 Å². The van der Waals surface area contributed by atoms with Crippen LogP contribution < -0.4 is 4.74 Å². The van der Waals surface area contributed by atoms with Crippen LogP contribution in [-0.2, 0) is 18.4 Å². The quantitative estimate of drug-likeness (QED) is 0.728. The highest BCUT2D eigenvalue weighted by Crippen LogP contribution is 2.31. The van der Waals surface area contributed by atoms with E-state index in [1.54, 1.807) is 6.08 Å². The highest BCUT2D eigenvalue weighted by atomic mass is 16.5. The molecule has 3 aromatic rings. The number of carbonyl (C=O) groups is 1. The van der Waals surface area contributed by atoms with E-state index in [4.69, 9.17) is 9.84 Å². The van der Waals surface area contributed by atoms with Gasteiger partial charge in [-0.3, -0.25) is 0 Å². The van der Waals surface area contributed by atoms with Crippen LogP contribution in [0.1, 0.15) is 11.1 Å². The summed E-state index contributed by atoms with van der Waals surface area (Å²) in [5, 5.41) is 9.77. The number of nitrogens with zero attached hydrogens (tertiary/aromatic N) is 1. The molecule has 0 atom stereocenters. The Kier molecular flexibility index (Phi) is 4.15. The largest absolute Gasteiger partial charge is 0.488 e. The molecule has 116 valence electrons. The van der Waals surface area contributed by atoms with E-state index >= 15 is 0 Å². The lowest BCUT2D eigenvalue weighted by Crippen LogP contribution is -1.96. The second-order valence-electron chi connectivity index (χ2n) is 5.29. The van der Waals surface area contributed by atoms with Crippen molar-refractivity contribution in [1.29, 1.82) is 0 Å². The van der Waals surface area contributed by atoms with E-state index in [0.717, 1.165) is 33.9 Å². The summed E-state index contributed by atoms with van der Waals surface area (Å²) in [6.07, 6.45) is 4.64. The molecule has 0 saturated heterocycles. The molecule has 0 saturated carbocycles. The van der Waals surface area contributed by atoms with Crippen molar-refractivity contribution in [2.24, 2.45) is 7.05 Å². The highest BCUT2D eigenvalue weighted by molar-refractivity contribution is 5.97. The lowest BCUT2D eigenvalue weighted by atomic mass is 10.1. The third-order valence-corrected chi connectivity index (χ3v) is 3.65. The van der Waals surface area contributed by atoms with Gasteiger partial charge in [-0.15, -0.1) is 0 Å². The van der Waals surface area contributed by atoms with Crippen molar-refractivity contribution in [2.45, 2.75) is 6.61 Å². The fourth-order valence-electron chi connectivity index (χ4n) is 2.59. The zero-order chi connectivity index (χ0) is 16.2. The molecule has 0 aliphatic heterocycles. The molecular weight excluding hydrogens is 290 g/mol. The number of aryl methyl sites for hydroxylation is 1. The molecule has 4 heteroatoms. The lowest BCUT2D eigenvalue weighted by Gasteiger charge is -2.08. The Morgan fingerprint density at radius 1 is 1.17 bits per heavy atom. The molecule has 0 spiro atoms. The molecule has 0 fully saturated rings. The molecule has 2 aromatic carbocycles. The van der Waals surface area contributed by atoms with Crippen LogP contribution in [0.15, 0.2) is 60.8 Å². The van der Waals surface area contributed by atoms with Crippen molar-refractivity contribution in [1.82, 2.24) is 4.57 Å². The molecule has 0 unspecified atom stereocenters. The molecule has 4 nitrogen and oxygen atoms in total. The van der Waals surface area contributed by atoms with E-state index in [0.29, 0.717) is 6.61 Å². The summed E-state index contributed by atoms with van der Waals surface area (Å²) in [4.78, 5) is 10.8. The fourth-order valence-corrected chi connectivity index (χ4v) is 2.59. The Bertz CT molecular complexity index is 863. The van der Waals surface area contributed by atoms with Crippen LogP contribution in [0.4, 0.5) is 0 Å². The molecule has 23 heavy (non-hydrogen) atoms. The number of aliphatic carboxylic acids is 1. The molecule has 3 rings (SSSR count). The molecule has 0 amide bonds. The van der Waals surface area contributed by atoms with Gasteiger partial charge in [0.25, 0.3) is 0 Å². The molecule has 1 aromatic heterocycles. The van der Waals surface area contributed by atoms with Crippen molar-refractivity contribution in [3.8, 4) is 5.75 Å². The SMILES string of the molecule is Cn1cc(/C=C/C(=O)O)c2c(OCc3ccccc3)cccc21. The van der Waals surface area contributed by atoms with Crippen LogP contribution in [0, 0.1) is 0 Å². The minimum Gasteiger partial charge on any atom is -0.488 e. The van der Waals surface area contributed by atoms with E-state index in [1.165, 1.54) is 0 Å². The number of rotatable bonds is 5. The number of aromatic nitrogens is 1. The lowest BCUT2D eigenvalue weighted by molar-refractivity contribution is -0.131. The van der Waals surface area contributed by atoms with Crippen LogP contribution in [0.2, 0.25) is 0 Å². The van der Waals surface area contributed by atoms with Crippen molar-refractivity contribution in [3.63, 3.8) is 0 Å². The van der Waals surface area contributed by atoms with Crippen molar-refractivity contribution in [2.75, 3.05) is 0 Å². The second-order valence-corrected chi connectivity index (χ2v) is 5.29. The average molecular weight is 307 g/mol. The first-order valence-corrected chi connectivity index (χ1v) is 7.31. The summed E-state index contributed by atoms with van der Waals surface area (Å²) in [5.74, 6) is -0.221. The Morgan fingerprint density at radius 2 is 1.96 bits per heavy atom. The first kappa shape index (κ1) is 14.9. The van der Waals surface area contributed by atoms with Gasteiger partial charge in [0.05, 0.1) is 5.52 Å². The number of hydrogen-bond donors (Lipinski definition) is 1. The van der Waals surface area contributed by atoms with Gasteiger partial charge in [-0.25, -0.2) is 4.79 Å². The van der Waals surface area contributed by atoms with Gasteiger partial charge in [0.15, 0.2) is 0 Å². The van der Waals surface area contributed by atoms with E-state index in [9.17, 15) is 4.79 Å². The number of benzene rings is 2. The summed E-state index contributed by atoms with van der Waals surface area (Å²) in [6, 6.07) is 15.8. The van der Waals surface area contributed by atoms with Gasteiger partial charge < -0.3 is 14.4 Å². The van der Waals surface area contributed by atoms with Crippen molar-refractivity contribution >= 4 is 22.9 Å². The van der Waals surface area contributed by atoms with Gasteiger partial charge in [0.2, 0.25) is 0 Å². The summed E-state index contributed by atoms with van der Waals surface area (Å²) >= 11 is 0. The summed E-state index contributed by atoms with van der Waals surface area (Å²) in [5.41, 5.74) is 2.91. The van der Waals surface area contributed by atoms with Crippen LogP contribution in [0.5, 0.6) is 5.75 Å². The average Bonchev–Trinajstić information content (AvgIpc) is 2.89. The first-order valence-electron chi connectivity index (χ1n) is 7.31. The van der Waals surface area contributed by atoms with Crippen molar-refractivity contribution < 1.29 is 14.6 Å². The van der Waals surface area contributed by atoms with Crippen LogP contribution in [0.3, 0.4) is 0 Å². The maximum absolute atomic E-state index is 10.8. The highest BCUT2D eigenvalue weighted by Gasteiger charge is 2.10. The maximum atomic E-state index is 10.8. The zero-order valence-electron chi connectivity index (χ0n) is 12.8. The number of carboxylic acid groups (broad SMARTS) is 1. The number of hydrogen-bond acceptors (Lipinski definition) is 2. The summed E-state index contributed by atoms with van der Waals surface area (Å²) in [7, 11) is 1.93. The zero-order valence-corrected chi connectivity index (χ0v) is 12.8. The van der Waals surface area contributed by atoms with E-state index in [2.05, 4.69) is 0 Å². The minimum atomic E-state index is -0.968. The Hall–Kier alpha value is -3.01. The summed E-state index contributed by atoms with van der Waals surface area (Å²) in [6.45, 7) is 0.469. The molecule has 0 aliphatic rings. The van der Waals surface area contributed by atoms with Gasteiger partial charge in [-0.05, 0) is 23.8 Å². The predicted octanol–water partition coefficient (Wildman–Crippen LogP) is 3.86. The smallest absolute Gasteiger partial charge is 0.328 e. The summed E-state index contributed by atoms with van der Waals surface area (Å²) < 4.78 is 7.94. The fraction of sp³-hybridized carbons (Fsp3) is 0.105. The second kappa shape index (κ2) is 6.40. The predicted molar refractivity (Wildman–Crippen MR) is 90.4 cm³/mol. The topological polar surface area (TPSA) is 51.5 Å². The monoisotopic (exact) mass is 307 g/mol. The standard InChI is InChI=1S/C19H17NO3/c1-20-12-15(10-11-18(21)22)19-16(20)8-5-9-17(19)23-13-14-6-3-2-4-7-14/h2-12H,13H2,1H3,(H,21,22)/b11-10+. The van der Waals surface area contributed by atoms with Crippen LogP contribution >= 0.6 is 0 Å². The minimum absolute atomic E-state index is 0.469. The number of fused-ring (bicyclic) bond motifs is 1. The first-order chi connectivity index (χ1) is 11.1. The van der Waals surface area contributed by atoms with Crippen LogP contribution in [0.25, 0.3) is 17.0 Å². The van der Waals surface area contributed by atoms with E-state index < -0.39 is 5.97 Å². The molecule has 0 bridgehead atoms. The third-order valence-electron chi connectivity index (χ3n) is 3.65. The van der Waals surface area contributed by atoms with Gasteiger partial charge in [0, 0.05) is 30.3 Å². The molecule has 1 N–H and O–H groups in total. The van der Waals surface area contributed by atoms with Gasteiger partial charge in [-0.1, -0.05) is 36.4 Å². The third kappa shape index (κ3) is 3.26. The Morgan fingerprint density at radius 3 is 2.70 bits per heavy atom. The molecule has 0 radical (unpaired) electrons. The van der Waals surface area contributed by atoms with Gasteiger partial charge in [0.1, 0.15) is 12.4 Å². The van der Waals surface area contributed by atoms with Crippen molar-refractivity contribution in [3.05, 3.63) is 71.9 Å². The molecule has 0 aliphatic carbocycles. The number of ether oxygens (including phenoxy) is 1. The van der Waals surface area contributed by atoms with Crippen LogP contribution in [-0.4, -0.2) is 15.6 Å².